The van der Waals surface area contributed by atoms with E-state index in [9.17, 15) is 9.59 Å². The molecule has 0 saturated heterocycles. The molecule has 1 atom stereocenters. The zero-order valence-electron chi connectivity index (χ0n) is 18.6. The van der Waals surface area contributed by atoms with Crippen LogP contribution in [0, 0.1) is 13.8 Å². The molecule has 1 heterocycles. The molecule has 0 radical (unpaired) electrons. The Balaban J connectivity index is 1.63. The summed E-state index contributed by atoms with van der Waals surface area (Å²) < 4.78 is 10.9. The van der Waals surface area contributed by atoms with E-state index in [1.807, 2.05) is 26.0 Å². The molecule has 2 aromatic carbocycles. The first-order valence-electron chi connectivity index (χ1n) is 10.0. The van der Waals surface area contributed by atoms with Gasteiger partial charge in [-0.15, -0.1) is 0 Å². The molecule has 2 amide bonds. The second-order valence-electron chi connectivity index (χ2n) is 7.17. The molecule has 1 aromatic heterocycles. The summed E-state index contributed by atoms with van der Waals surface area (Å²) in [5, 5.41) is 2.83. The monoisotopic (exact) mass is 469 g/mol. The van der Waals surface area contributed by atoms with Gasteiger partial charge in [-0.2, -0.15) is 0 Å². The lowest BCUT2D eigenvalue weighted by Gasteiger charge is -2.17. The van der Waals surface area contributed by atoms with Crippen LogP contribution in [-0.4, -0.2) is 35.0 Å². The molecular formula is C23H24ClN5O4. The molecule has 0 aliphatic carbocycles. The van der Waals surface area contributed by atoms with Crippen LogP contribution in [0.1, 0.15) is 28.5 Å². The number of hydrogen-bond acceptors (Lipinski definition) is 7. The van der Waals surface area contributed by atoms with Gasteiger partial charge < -0.3 is 14.8 Å². The van der Waals surface area contributed by atoms with Crippen LogP contribution >= 0.6 is 11.6 Å². The first kappa shape index (κ1) is 23.8. The molecule has 0 unspecified atom stereocenters. The average Bonchev–Trinajstić information content (AvgIpc) is 2.80. The number of carbonyl (C=O) groups excluding carboxylic acids is 2. The number of ether oxygens (including phenoxy) is 2. The number of carbonyl (C=O) groups is 2. The normalized spacial score (nSPS) is 11.3. The standard InChI is InChI=1S/C23H24ClN5O4/c1-13-9-10-16(11-14(13)2)26-22(31)20-17(24)12-25-23(27-20)29-28-21(30)15(3)33-19-8-6-5-7-18(19)32-4/h5-12,15H,1-4H3,(H,26,31)(H,28,30)(H,25,27,29)/t15-/m1/s1. The van der Waals surface area contributed by atoms with E-state index < -0.39 is 17.9 Å². The minimum absolute atomic E-state index is 0.0116. The molecule has 33 heavy (non-hydrogen) atoms. The number of para-hydroxylation sites is 2. The van der Waals surface area contributed by atoms with Gasteiger partial charge in [-0.1, -0.05) is 29.8 Å². The zero-order valence-corrected chi connectivity index (χ0v) is 19.4. The van der Waals surface area contributed by atoms with Crippen molar-refractivity contribution in [3.8, 4) is 11.5 Å². The van der Waals surface area contributed by atoms with Crippen molar-refractivity contribution in [3.05, 3.63) is 70.5 Å². The Kier molecular flexibility index (Phi) is 7.68. The number of benzene rings is 2. The molecule has 3 aromatic rings. The summed E-state index contributed by atoms with van der Waals surface area (Å²) in [6.45, 7) is 5.51. The Bertz CT molecular complexity index is 1170. The van der Waals surface area contributed by atoms with Crippen molar-refractivity contribution < 1.29 is 19.1 Å². The minimum Gasteiger partial charge on any atom is -0.493 e. The number of aromatic nitrogens is 2. The van der Waals surface area contributed by atoms with Crippen LogP contribution in [0.5, 0.6) is 11.5 Å². The number of rotatable bonds is 8. The third-order valence-electron chi connectivity index (χ3n) is 4.76. The van der Waals surface area contributed by atoms with Crippen molar-refractivity contribution in [3.63, 3.8) is 0 Å². The smallest absolute Gasteiger partial charge is 0.279 e. The molecule has 0 aliphatic heterocycles. The Morgan fingerprint density at radius 1 is 1.06 bits per heavy atom. The highest BCUT2D eigenvalue weighted by Crippen LogP contribution is 2.26. The van der Waals surface area contributed by atoms with Gasteiger partial charge in [-0.3, -0.25) is 20.4 Å². The van der Waals surface area contributed by atoms with Crippen LogP contribution in [0.2, 0.25) is 5.02 Å². The highest BCUT2D eigenvalue weighted by atomic mass is 35.5. The van der Waals surface area contributed by atoms with Gasteiger partial charge in [-0.05, 0) is 56.2 Å². The van der Waals surface area contributed by atoms with Crippen molar-refractivity contribution in [2.75, 3.05) is 17.9 Å². The van der Waals surface area contributed by atoms with Gasteiger partial charge in [0.2, 0.25) is 5.95 Å². The second kappa shape index (κ2) is 10.6. The molecule has 0 bridgehead atoms. The van der Waals surface area contributed by atoms with Crippen LogP contribution in [0.15, 0.2) is 48.7 Å². The van der Waals surface area contributed by atoms with Crippen molar-refractivity contribution in [2.45, 2.75) is 26.9 Å². The number of aryl methyl sites for hydroxylation is 2. The zero-order chi connectivity index (χ0) is 24.0. The molecule has 3 N–H and O–H groups in total. The number of anilines is 2. The first-order chi connectivity index (χ1) is 15.8. The molecule has 3 rings (SSSR count). The van der Waals surface area contributed by atoms with E-state index in [2.05, 4.69) is 26.1 Å². The van der Waals surface area contributed by atoms with Gasteiger partial charge in [0.15, 0.2) is 23.3 Å². The Labute approximate surface area is 196 Å². The lowest BCUT2D eigenvalue weighted by atomic mass is 10.1. The fourth-order valence-corrected chi connectivity index (χ4v) is 2.95. The summed E-state index contributed by atoms with van der Waals surface area (Å²) in [6.07, 6.45) is 0.418. The van der Waals surface area contributed by atoms with Crippen molar-refractivity contribution in [2.24, 2.45) is 0 Å². The molecule has 172 valence electrons. The topological polar surface area (TPSA) is 114 Å². The number of nitrogens with one attached hydrogen (secondary N) is 3. The van der Waals surface area contributed by atoms with E-state index in [1.165, 1.54) is 13.3 Å². The number of amides is 2. The van der Waals surface area contributed by atoms with Crippen molar-refractivity contribution in [1.82, 2.24) is 15.4 Å². The van der Waals surface area contributed by atoms with E-state index in [0.717, 1.165) is 11.1 Å². The third-order valence-corrected chi connectivity index (χ3v) is 5.04. The quantitative estimate of drug-likeness (QED) is 0.428. The largest absolute Gasteiger partial charge is 0.493 e. The predicted molar refractivity (Wildman–Crippen MR) is 126 cm³/mol. The summed E-state index contributed by atoms with van der Waals surface area (Å²) in [5.41, 5.74) is 7.74. The SMILES string of the molecule is COc1ccccc1O[C@H](C)C(=O)NNc1ncc(Cl)c(C(=O)Nc2ccc(C)c(C)c2)n1. The molecule has 0 spiro atoms. The van der Waals surface area contributed by atoms with Crippen LogP contribution in [0.4, 0.5) is 11.6 Å². The molecule has 10 heteroatoms. The van der Waals surface area contributed by atoms with E-state index in [-0.39, 0.29) is 16.7 Å². The maximum Gasteiger partial charge on any atom is 0.279 e. The Morgan fingerprint density at radius 3 is 2.48 bits per heavy atom. The Morgan fingerprint density at radius 2 is 1.79 bits per heavy atom. The van der Waals surface area contributed by atoms with Gasteiger partial charge in [0.05, 0.1) is 18.3 Å². The lowest BCUT2D eigenvalue weighted by molar-refractivity contribution is -0.126. The number of hydrogen-bond donors (Lipinski definition) is 3. The summed E-state index contributed by atoms with van der Waals surface area (Å²) >= 11 is 6.11. The number of nitrogens with zero attached hydrogens (tertiary/aromatic N) is 2. The average molecular weight is 470 g/mol. The maximum atomic E-state index is 12.7. The van der Waals surface area contributed by atoms with Crippen LogP contribution < -0.4 is 25.6 Å². The molecule has 0 saturated carbocycles. The summed E-state index contributed by atoms with van der Waals surface area (Å²) in [4.78, 5) is 33.2. The molecular weight excluding hydrogens is 446 g/mol. The fourth-order valence-electron chi connectivity index (χ4n) is 2.78. The Hall–Kier alpha value is -3.85. The minimum atomic E-state index is -0.853. The van der Waals surface area contributed by atoms with E-state index in [1.54, 1.807) is 37.3 Å². The number of halogens is 1. The highest BCUT2D eigenvalue weighted by molar-refractivity contribution is 6.34. The van der Waals surface area contributed by atoms with Crippen LogP contribution in [-0.2, 0) is 4.79 Å². The van der Waals surface area contributed by atoms with E-state index >= 15 is 0 Å². The van der Waals surface area contributed by atoms with Gasteiger partial charge in [-0.25, -0.2) is 9.97 Å². The second-order valence-corrected chi connectivity index (χ2v) is 7.58. The van der Waals surface area contributed by atoms with Gasteiger partial charge >= 0.3 is 0 Å². The first-order valence-corrected chi connectivity index (χ1v) is 10.4. The molecule has 9 nitrogen and oxygen atoms in total. The van der Waals surface area contributed by atoms with Crippen molar-refractivity contribution in [1.29, 1.82) is 0 Å². The summed E-state index contributed by atoms with van der Waals surface area (Å²) in [5.74, 6) is -0.0720. The summed E-state index contributed by atoms with van der Waals surface area (Å²) in [6, 6.07) is 12.5. The van der Waals surface area contributed by atoms with Crippen LogP contribution in [0.3, 0.4) is 0 Å². The summed E-state index contributed by atoms with van der Waals surface area (Å²) in [7, 11) is 1.51. The van der Waals surface area contributed by atoms with Crippen LogP contribution in [0.25, 0.3) is 0 Å². The van der Waals surface area contributed by atoms with Crippen molar-refractivity contribution >= 4 is 35.1 Å². The predicted octanol–water partition coefficient (Wildman–Crippen LogP) is 3.92. The maximum absolute atomic E-state index is 12.7. The molecule has 0 fully saturated rings. The molecule has 0 aliphatic rings. The number of methoxy groups -OCH3 is 1. The van der Waals surface area contributed by atoms with E-state index in [4.69, 9.17) is 21.1 Å². The van der Waals surface area contributed by atoms with Gasteiger partial charge in [0.1, 0.15) is 0 Å². The van der Waals surface area contributed by atoms with Gasteiger partial charge in [0.25, 0.3) is 11.8 Å². The van der Waals surface area contributed by atoms with Gasteiger partial charge in [0, 0.05) is 5.69 Å². The van der Waals surface area contributed by atoms with E-state index in [0.29, 0.717) is 17.2 Å². The fraction of sp³-hybridized carbons (Fsp3) is 0.217. The number of hydrazine groups is 1. The third kappa shape index (κ3) is 6.11. The lowest BCUT2D eigenvalue weighted by Crippen LogP contribution is -2.40. The highest BCUT2D eigenvalue weighted by Gasteiger charge is 2.18.